The summed E-state index contributed by atoms with van der Waals surface area (Å²) >= 11 is 1.56. The van der Waals surface area contributed by atoms with Crippen LogP contribution in [0.2, 0.25) is 0 Å². The summed E-state index contributed by atoms with van der Waals surface area (Å²) in [4.78, 5) is 35.5. The van der Waals surface area contributed by atoms with Gasteiger partial charge in [0.25, 0.3) is 0 Å². The second-order valence-electron chi connectivity index (χ2n) is 4.23. The summed E-state index contributed by atoms with van der Waals surface area (Å²) in [5.74, 6) is -1.95. The maximum absolute atomic E-state index is 11.8. The van der Waals surface area contributed by atoms with Crippen LogP contribution < -0.4 is 16.0 Å². The van der Waals surface area contributed by atoms with Gasteiger partial charge in [0.2, 0.25) is 5.91 Å². The molecule has 1 aromatic rings. The van der Waals surface area contributed by atoms with Crippen LogP contribution in [0.3, 0.4) is 0 Å². The molecule has 7 heteroatoms. The predicted octanol–water partition coefficient (Wildman–Crippen LogP) is 0.734. The highest BCUT2D eigenvalue weighted by Gasteiger charge is 2.16. The van der Waals surface area contributed by atoms with Crippen molar-refractivity contribution >= 4 is 29.1 Å². The van der Waals surface area contributed by atoms with Crippen LogP contribution in [0.5, 0.6) is 0 Å². The molecule has 0 saturated heterocycles. The molecule has 1 atom stereocenters. The van der Waals surface area contributed by atoms with E-state index in [-0.39, 0.29) is 25.0 Å². The Morgan fingerprint density at radius 3 is 2.62 bits per heavy atom. The predicted molar refractivity (Wildman–Crippen MR) is 81.7 cm³/mol. The molecular weight excluding hydrogens is 290 g/mol. The number of hydrogen-bond acceptors (Lipinski definition) is 4. The first-order valence-electron chi connectivity index (χ1n) is 6.58. The third-order valence-corrected chi connectivity index (χ3v) is 3.64. The Labute approximate surface area is 127 Å². The number of carbonyl (C=O) groups excluding carboxylic acids is 3. The Bertz CT molecular complexity index is 500. The standard InChI is InChI=1S/C14H19N3O3S/c1-3-7-15-13(19)14(20)16-9-12(18)17-10(4-2)11-6-5-8-21-11/h3,5-6,8,10H,1,4,7,9H2,2H3,(H,15,19)(H,16,20)(H,17,18)/t10-/m1/s1. The lowest BCUT2D eigenvalue weighted by Gasteiger charge is -2.15. The summed E-state index contributed by atoms with van der Waals surface area (Å²) in [5.41, 5.74) is 0. The van der Waals surface area contributed by atoms with E-state index in [2.05, 4.69) is 22.5 Å². The number of rotatable bonds is 7. The smallest absolute Gasteiger partial charge is 0.309 e. The summed E-state index contributed by atoms with van der Waals surface area (Å²) in [6.07, 6.45) is 2.21. The summed E-state index contributed by atoms with van der Waals surface area (Å²) in [7, 11) is 0. The van der Waals surface area contributed by atoms with Crippen molar-refractivity contribution in [3.63, 3.8) is 0 Å². The van der Waals surface area contributed by atoms with E-state index in [1.165, 1.54) is 6.08 Å². The molecule has 0 aliphatic rings. The van der Waals surface area contributed by atoms with Gasteiger partial charge < -0.3 is 16.0 Å². The fourth-order valence-electron chi connectivity index (χ4n) is 1.60. The van der Waals surface area contributed by atoms with Gasteiger partial charge in [-0.2, -0.15) is 0 Å². The minimum absolute atomic E-state index is 0.0796. The Morgan fingerprint density at radius 2 is 2.05 bits per heavy atom. The third-order valence-electron chi connectivity index (χ3n) is 2.65. The van der Waals surface area contributed by atoms with Crippen LogP contribution in [0.4, 0.5) is 0 Å². The molecule has 21 heavy (non-hydrogen) atoms. The van der Waals surface area contributed by atoms with Crippen molar-refractivity contribution in [1.82, 2.24) is 16.0 Å². The van der Waals surface area contributed by atoms with E-state index in [0.29, 0.717) is 0 Å². The van der Waals surface area contributed by atoms with Crippen molar-refractivity contribution in [3.05, 3.63) is 35.0 Å². The van der Waals surface area contributed by atoms with Gasteiger partial charge >= 0.3 is 11.8 Å². The average molecular weight is 309 g/mol. The molecule has 0 aliphatic heterocycles. The van der Waals surface area contributed by atoms with Gasteiger partial charge in [-0.05, 0) is 17.9 Å². The molecule has 0 radical (unpaired) electrons. The molecular formula is C14H19N3O3S. The van der Waals surface area contributed by atoms with Crippen molar-refractivity contribution < 1.29 is 14.4 Å². The summed E-state index contributed by atoms with van der Waals surface area (Å²) in [6.45, 7) is 5.36. The van der Waals surface area contributed by atoms with Gasteiger partial charge in [0, 0.05) is 11.4 Å². The Morgan fingerprint density at radius 1 is 1.33 bits per heavy atom. The topological polar surface area (TPSA) is 87.3 Å². The third kappa shape index (κ3) is 5.78. The van der Waals surface area contributed by atoms with Gasteiger partial charge in [-0.3, -0.25) is 14.4 Å². The van der Waals surface area contributed by atoms with E-state index in [4.69, 9.17) is 0 Å². The lowest BCUT2D eigenvalue weighted by molar-refractivity contribution is -0.139. The number of carbonyl (C=O) groups is 3. The average Bonchev–Trinajstić information content (AvgIpc) is 3.01. The van der Waals surface area contributed by atoms with E-state index in [9.17, 15) is 14.4 Å². The molecule has 6 nitrogen and oxygen atoms in total. The molecule has 3 N–H and O–H groups in total. The number of hydrogen-bond donors (Lipinski definition) is 3. The van der Waals surface area contributed by atoms with Gasteiger partial charge in [0.1, 0.15) is 0 Å². The minimum Gasteiger partial charge on any atom is -0.347 e. The van der Waals surface area contributed by atoms with Crippen LogP contribution in [-0.4, -0.2) is 30.8 Å². The highest BCUT2D eigenvalue weighted by atomic mass is 32.1. The number of nitrogens with one attached hydrogen (secondary N) is 3. The molecule has 0 aliphatic carbocycles. The molecule has 0 spiro atoms. The number of thiophene rings is 1. The molecule has 1 aromatic heterocycles. The molecule has 0 unspecified atom stereocenters. The van der Waals surface area contributed by atoms with Crippen LogP contribution >= 0.6 is 11.3 Å². The van der Waals surface area contributed by atoms with Crippen molar-refractivity contribution in [1.29, 1.82) is 0 Å². The zero-order chi connectivity index (χ0) is 15.7. The van der Waals surface area contributed by atoms with E-state index >= 15 is 0 Å². The first kappa shape index (κ1) is 16.9. The minimum atomic E-state index is -0.837. The fraction of sp³-hybridized carbons (Fsp3) is 0.357. The quantitative estimate of drug-likeness (QED) is 0.513. The SMILES string of the molecule is C=CCNC(=O)C(=O)NCC(=O)N[C@H](CC)c1cccs1. The molecule has 0 fully saturated rings. The van der Waals surface area contributed by atoms with Crippen molar-refractivity contribution in [2.75, 3.05) is 13.1 Å². The Kier molecular flexibility index (Phi) is 7.17. The van der Waals surface area contributed by atoms with Crippen LogP contribution in [0, 0.1) is 0 Å². The first-order chi connectivity index (χ1) is 10.1. The van der Waals surface area contributed by atoms with Crippen molar-refractivity contribution in [3.8, 4) is 0 Å². The summed E-state index contributed by atoms with van der Waals surface area (Å²) in [6, 6.07) is 3.78. The van der Waals surface area contributed by atoms with Gasteiger partial charge in [0.05, 0.1) is 12.6 Å². The normalized spacial score (nSPS) is 11.3. The maximum atomic E-state index is 11.8. The highest BCUT2D eigenvalue weighted by molar-refractivity contribution is 7.10. The Balaban J connectivity index is 2.38. The van der Waals surface area contributed by atoms with Crippen LogP contribution in [0.25, 0.3) is 0 Å². The largest absolute Gasteiger partial charge is 0.347 e. The van der Waals surface area contributed by atoms with Crippen molar-refractivity contribution in [2.45, 2.75) is 19.4 Å². The van der Waals surface area contributed by atoms with E-state index < -0.39 is 11.8 Å². The zero-order valence-electron chi connectivity index (χ0n) is 11.8. The molecule has 0 aromatic carbocycles. The van der Waals surface area contributed by atoms with Gasteiger partial charge in [0.15, 0.2) is 0 Å². The van der Waals surface area contributed by atoms with Gasteiger partial charge in [-0.15, -0.1) is 17.9 Å². The highest BCUT2D eigenvalue weighted by Crippen LogP contribution is 2.21. The first-order valence-corrected chi connectivity index (χ1v) is 7.46. The molecule has 1 heterocycles. The maximum Gasteiger partial charge on any atom is 0.309 e. The van der Waals surface area contributed by atoms with E-state index in [1.807, 2.05) is 24.4 Å². The molecule has 0 saturated carbocycles. The fourth-order valence-corrected chi connectivity index (χ4v) is 2.46. The second kappa shape index (κ2) is 8.91. The van der Waals surface area contributed by atoms with Crippen LogP contribution in [0.15, 0.2) is 30.2 Å². The van der Waals surface area contributed by atoms with Crippen molar-refractivity contribution in [2.24, 2.45) is 0 Å². The van der Waals surface area contributed by atoms with Gasteiger partial charge in [-0.25, -0.2) is 0 Å². The van der Waals surface area contributed by atoms with E-state index in [0.717, 1.165) is 11.3 Å². The lowest BCUT2D eigenvalue weighted by atomic mass is 10.2. The lowest BCUT2D eigenvalue weighted by Crippen LogP contribution is -2.44. The van der Waals surface area contributed by atoms with Crippen LogP contribution in [0.1, 0.15) is 24.3 Å². The summed E-state index contributed by atoms with van der Waals surface area (Å²) in [5, 5.41) is 9.36. The molecule has 3 amide bonds. The molecule has 114 valence electrons. The Hall–Kier alpha value is -2.15. The second-order valence-corrected chi connectivity index (χ2v) is 5.20. The monoisotopic (exact) mass is 309 g/mol. The number of amides is 3. The zero-order valence-corrected chi connectivity index (χ0v) is 12.7. The van der Waals surface area contributed by atoms with Crippen LogP contribution in [-0.2, 0) is 14.4 Å². The summed E-state index contributed by atoms with van der Waals surface area (Å²) < 4.78 is 0. The van der Waals surface area contributed by atoms with E-state index in [1.54, 1.807) is 11.3 Å². The molecule has 1 rings (SSSR count). The van der Waals surface area contributed by atoms with Gasteiger partial charge in [-0.1, -0.05) is 19.1 Å². The molecule has 0 bridgehead atoms.